The first-order chi connectivity index (χ1) is 12.3. The fourth-order valence-corrected chi connectivity index (χ4v) is 2.33. The van der Waals surface area contributed by atoms with E-state index in [1.165, 1.54) is 6.92 Å². The summed E-state index contributed by atoms with van der Waals surface area (Å²) in [7, 11) is 0. The molecule has 0 radical (unpaired) electrons. The van der Waals surface area contributed by atoms with Crippen molar-refractivity contribution < 1.29 is 19.1 Å². The Bertz CT molecular complexity index is 823. The van der Waals surface area contributed by atoms with Crippen molar-refractivity contribution in [2.45, 2.75) is 20.0 Å². The highest BCUT2D eigenvalue weighted by Gasteiger charge is 2.18. The van der Waals surface area contributed by atoms with Gasteiger partial charge in [-0.25, -0.2) is 0 Å². The molecule has 2 rings (SSSR count). The molecule has 0 bridgehead atoms. The van der Waals surface area contributed by atoms with E-state index < -0.39 is 18.0 Å². The summed E-state index contributed by atoms with van der Waals surface area (Å²) in [4.78, 5) is 35.9. The molecule has 0 saturated heterocycles. The zero-order valence-electron chi connectivity index (χ0n) is 14.4. The second-order valence-electron chi connectivity index (χ2n) is 5.68. The van der Waals surface area contributed by atoms with E-state index in [4.69, 9.17) is 16.3 Å². The Kier molecular flexibility index (Phi) is 6.74. The number of esters is 1. The molecule has 2 N–H and O–H groups in total. The minimum atomic E-state index is -1.02. The van der Waals surface area contributed by atoms with Crippen LogP contribution in [0.15, 0.2) is 48.5 Å². The van der Waals surface area contributed by atoms with Crippen molar-refractivity contribution in [3.63, 3.8) is 0 Å². The summed E-state index contributed by atoms with van der Waals surface area (Å²) in [6.45, 7) is 2.98. The molecule has 136 valence electrons. The van der Waals surface area contributed by atoms with E-state index in [0.29, 0.717) is 16.3 Å². The van der Waals surface area contributed by atoms with Gasteiger partial charge in [0.25, 0.3) is 11.8 Å². The van der Waals surface area contributed by atoms with Gasteiger partial charge in [-0.3, -0.25) is 14.4 Å². The third-order valence-electron chi connectivity index (χ3n) is 3.44. The molecule has 2 aromatic rings. The lowest BCUT2D eigenvalue weighted by atomic mass is 10.1. The maximum absolute atomic E-state index is 12.0. The third-order valence-corrected chi connectivity index (χ3v) is 3.68. The minimum absolute atomic E-state index is 0.332. The topological polar surface area (TPSA) is 84.5 Å². The molecule has 6 nitrogen and oxygen atoms in total. The Labute approximate surface area is 156 Å². The highest BCUT2D eigenvalue weighted by Crippen LogP contribution is 2.15. The summed E-state index contributed by atoms with van der Waals surface area (Å²) < 4.78 is 5.03. The van der Waals surface area contributed by atoms with E-state index >= 15 is 0 Å². The van der Waals surface area contributed by atoms with E-state index in [1.54, 1.807) is 42.5 Å². The Hall–Kier alpha value is -2.86. The average molecular weight is 375 g/mol. The molecule has 7 heteroatoms. The van der Waals surface area contributed by atoms with Crippen LogP contribution in [0.1, 0.15) is 22.8 Å². The first-order valence-corrected chi connectivity index (χ1v) is 8.34. The summed E-state index contributed by atoms with van der Waals surface area (Å²) in [5.41, 5.74) is 1.88. The number of benzene rings is 2. The van der Waals surface area contributed by atoms with E-state index in [0.717, 1.165) is 5.56 Å². The van der Waals surface area contributed by atoms with Crippen LogP contribution in [0, 0.1) is 6.92 Å². The Morgan fingerprint density at radius 2 is 1.85 bits per heavy atom. The smallest absolute Gasteiger partial charge is 0.326 e. The summed E-state index contributed by atoms with van der Waals surface area (Å²) in [6, 6.07) is 13.6. The van der Waals surface area contributed by atoms with Gasteiger partial charge in [-0.2, -0.15) is 0 Å². The van der Waals surface area contributed by atoms with Crippen molar-refractivity contribution >= 4 is 35.1 Å². The van der Waals surface area contributed by atoms with Gasteiger partial charge in [-0.05, 0) is 44.2 Å². The molecule has 1 atom stereocenters. The van der Waals surface area contributed by atoms with Crippen LogP contribution in [0.2, 0.25) is 5.02 Å². The van der Waals surface area contributed by atoms with Crippen LogP contribution in [-0.2, 0) is 14.3 Å². The van der Waals surface area contributed by atoms with Crippen LogP contribution < -0.4 is 10.6 Å². The Morgan fingerprint density at radius 1 is 1.12 bits per heavy atom. The average Bonchev–Trinajstić information content (AvgIpc) is 2.59. The fourth-order valence-electron chi connectivity index (χ4n) is 2.14. The highest BCUT2D eigenvalue weighted by molar-refractivity contribution is 6.30. The Balaban J connectivity index is 1.81. The normalized spacial score (nSPS) is 11.3. The van der Waals surface area contributed by atoms with Crippen LogP contribution >= 0.6 is 11.6 Å². The molecule has 0 unspecified atom stereocenters. The molecule has 0 fully saturated rings. The molecule has 0 heterocycles. The minimum Gasteiger partial charge on any atom is -0.451 e. The predicted octanol–water partition coefficient (Wildman–Crippen LogP) is 2.95. The second-order valence-corrected chi connectivity index (χ2v) is 6.12. The van der Waals surface area contributed by atoms with Crippen molar-refractivity contribution in [1.82, 2.24) is 5.32 Å². The van der Waals surface area contributed by atoms with Gasteiger partial charge < -0.3 is 15.4 Å². The van der Waals surface area contributed by atoms with Gasteiger partial charge in [0.1, 0.15) is 6.54 Å². The number of ether oxygens (including phenoxy) is 1. The molecule has 0 aliphatic rings. The van der Waals surface area contributed by atoms with Crippen LogP contribution in [-0.4, -0.2) is 30.4 Å². The van der Waals surface area contributed by atoms with Gasteiger partial charge >= 0.3 is 5.97 Å². The van der Waals surface area contributed by atoms with Crippen molar-refractivity contribution in [3.05, 3.63) is 64.7 Å². The lowest BCUT2D eigenvalue weighted by Crippen LogP contribution is -2.35. The molecule has 0 aliphatic carbocycles. The zero-order chi connectivity index (χ0) is 19.1. The van der Waals surface area contributed by atoms with Crippen molar-refractivity contribution in [2.75, 3.05) is 11.9 Å². The molecule has 0 aromatic heterocycles. The number of nitrogens with one attached hydrogen (secondary N) is 2. The number of hydrogen-bond acceptors (Lipinski definition) is 4. The number of halogens is 1. The number of hydrogen-bond donors (Lipinski definition) is 2. The molecule has 0 spiro atoms. The van der Waals surface area contributed by atoms with Gasteiger partial charge in [0.05, 0.1) is 0 Å². The first kappa shape index (κ1) is 19.5. The van der Waals surface area contributed by atoms with Crippen LogP contribution in [0.4, 0.5) is 5.69 Å². The summed E-state index contributed by atoms with van der Waals surface area (Å²) >= 11 is 5.85. The van der Waals surface area contributed by atoms with Gasteiger partial charge in [-0.15, -0.1) is 0 Å². The molecular formula is C19H19ClN2O4. The fraction of sp³-hybridized carbons (Fsp3) is 0.211. The summed E-state index contributed by atoms with van der Waals surface area (Å²) in [5.74, 6) is -1.59. The maximum Gasteiger partial charge on any atom is 0.326 e. The quantitative estimate of drug-likeness (QED) is 0.761. The van der Waals surface area contributed by atoms with Crippen LogP contribution in [0.25, 0.3) is 0 Å². The highest BCUT2D eigenvalue weighted by atomic mass is 35.5. The zero-order valence-corrected chi connectivity index (χ0v) is 15.2. The maximum atomic E-state index is 12.0. The summed E-state index contributed by atoms with van der Waals surface area (Å²) in [6.07, 6.45) is -1.02. The SMILES string of the molecule is Cc1cccc(C(=O)NCC(=O)O[C@H](C)C(=O)Nc2cccc(Cl)c2)c1. The number of carbonyl (C=O) groups is 3. The van der Waals surface area contributed by atoms with Crippen molar-refractivity contribution in [3.8, 4) is 0 Å². The molecular weight excluding hydrogens is 356 g/mol. The Morgan fingerprint density at radius 3 is 2.54 bits per heavy atom. The van der Waals surface area contributed by atoms with E-state index in [2.05, 4.69) is 10.6 Å². The largest absolute Gasteiger partial charge is 0.451 e. The lowest BCUT2D eigenvalue weighted by Gasteiger charge is -2.14. The molecule has 2 amide bonds. The predicted molar refractivity (Wildman–Crippen MR) is 99.1 cm³/mol. The number of rotatable bonds is 6. The van der Waals surface area contributed by atoms with Crippen molar-refractivity contribution in [2.24, 2.45) is 0 Å². The van der Waals surface area contributed by atoms with Gasteiger partial charge in [0, 0.05) is 16.3 Å². The molecule has 0 saturated carbocycles. The number of carbonyl (C=O) groups excluding carboxylic acids is 3. The van der Waals surface area contributed by atoms with E-state index in [9.17, 15) is 14.4 Å². The van der Waals surface area contributed by atoms with Gasteiger partial charge in [-0.1, -0.05) is 35.4 Å². The number of anilines is 1. The summed E-state index contributed by atoms with van der Waals surface area (Å²) in [5, 5.41) is 5.54. The second kappa shape index (κ2) is 9.01. The lowest BCUT2D eigenvalue weighted by molar-refractivity contribution is -0.152. The third kappa shape index (κ3) is 5.89. The van der Waals surface area contributed by atoms with Gasteiger partial charge in [0.2, 0.25) is 0 Å². The van der Waals surface area contributed by atoms with E-state index in [1.807, 2.05) is 13.0 Å². The number of aryl methyl sites for hydroxylation is 1. The van der Waals surface area contributed by atoms with Crippen LogP contribution in [0.5, 0.6) is 0 Å². The standard InChI is InChI=1S/C19H19ClN2O4/c1-12-5-3-6-14(9-12)19(25)21-11-17(23)26-13(2)18(24)22-16-8-4-7-15(20)10-16/h3-10,13H,11H2,1-2H3,(H,21,25)(H,22,24)/t13-/m1/s1. The molecule has 26 heavy (non-hydrogen) atoms. The first-order valence-electron chi connectivity index (χ1n) is 7.96. The van der Waals surface area contributed by atoms with Gasteiger partial charge in [0.15, 0.2) is 6.10 Å². The van der Waals surface area contributed by atoms with Crippen molar-refractivity contribution in [1.29, 1.82) is 0 Å². The molecule has 0 aliphatic heterocycles. The van der Waals surface area contributed by atoms with Crippen LogP contribution in [0.3, 0.4) is 0 Å². The number of amides is 2. The van der Waals surface area contributed by atoms with E-state index in [-0.39, 0.29) is 12.5 Å². The monoisotopic (exact) mass is 374 g/mol. The molecule has 2 aromatic carbocycles.